The Labute approximate surface area is 146 Å². The minimum Gasteiger partial charge on any atom is -0.450 e. The average molecular weight is 342 g/mol. The number of pyridine rings is 1. The number of hydrogen-bond donors (Lipinski definition) is 1. The molecule has 25 heavy (non-hydrogen) atoms. The first-order valence-electron chi connectivity index (χ1n) is 8.38. The van der Waals surface area contributed by atoms with Crippen LogP contribution in [0.15, 0.2) is 36.8 Å². The van der Waals surface area contributed by atoms with Gasteiger partial charge in [-0.1, -0.05) is 6.07 Å². The Kier molecular flexibility index (Phi) is 5.61. The largest absolute Gasteiger partial charge is 0.450 e. The van der Waals surface area contributed by atoms with E-state index in [0.29, 0.717) is 32.2 Å². The van der Waals surface area contributed by atoms with Crippen LogP contribution in [-0.4, -0.2) is 58.7 Å². The average Bonchev–Trinajstić information content (AvgIpc) is 2.68. The molecule has 1 aliphatic heterocycles. The summed E-state index contributed by atoms with van der Waals surface area (Å²) in [6.45, 7) is 5.53. The number of aromatic nitrogens is 3. The van der Waals surface area contributed by atoms with Crippen molar-refractivity contribution in [2.45, 2.75) is 13.5 Å². The van der Waals surface area contributed by atoms with Gasteiger partial charge in [-0.3, -0.25) is 4.98 Å². The Morgan fingerprint density at radius 3 is 2.80 bits per heavy atom. The van der Waals surface area contributed by atoms with Crippen LogP contribution in [-0.2, 0) is 11.3 Å². The first kappa shape index (κ1) is 16.9. The number of carbonyl (C=O) groups excluding carboxylic acids is 1. The maximum Gasteiger partial charge on any atom is 0.409 e. The lowest BCUT2D eigenvalue weighted by Gasteiger charge is -2.34. The number of nitrogens with one attached hydrogen (secondary N) is 1. The molecule has 1 aliphatic rings. The maximum atomic E-state index is 11.8. The maximum absolute atomic E-state index is 11.8. The highest BCUT2D eigenvalue weighted by atomic mass is 16.6. The molecule has 8 heteroatoms. The molecule has 132 valence electrons. The molecule has 8 nitrogen and oxygen atoms in total. The van der Waals surface area contributed by atoms with Gasteiger partial charge in [0, 0.05) is 51.3 Å². The second-order valence-electron chi connectivity index (χ2n) is 5.63. The topological polar surface area (TPSA) is 83.5 Å². The van der Waals surface area contributed by atoms with Crippen molar-refractivity contribution in [3.63, 3.8) is 0 Å². The van der Waals surface area contributed by atoms with Crippen molar-refractivity contribution in [2.24, 2.45) is 0 Å². The van der Waals surface area contributed by atoms with Crippen LogP contribution in [0.25, 0.3) is 0 Å². The number of anilines is 2. The molecule has 0 saturated carbocycles. The van der Waals surface area contributed by atoms with Crippen LogP contribution in [0.5, 0.6) is 0 Å². The molecule has 0 aromatic carbocycles. The van der Waals surface area contributed by atoms with Gasteiger partial charge in [0.25, 0.3) is 0 Å². The third-order valence-corrected chi connectivity index (χ3v) is 3.94. The van der Waals surface area contributed by atoms with Crippen molar-refractivity contribution >= 4 is 17.9 Å². The summed E-state index contributed by atoms with van der Waals surface area (Å²) in [5.74, 6) is 1.43. The lowest BCUT2D eigenvalue weighted by Crippen LogP contribution is -2.49. The monoisotopic (exact) mass is 342 g/mol. The minimum atomic E-state index is -0.247. The Hall–Kier alpha value is -2.90. The van der Waals surface area contributed by atoms with E-state index in [1.54, 1.807) is 17.3 Å². The Morgan fingerprint density at radius 1 is 1.24 bits per heavy atom. The van der Waals surface area contributed by atoms with E-state index in [1.807, 2.05) is 31.3 Å². The third-order valence-electron chi connectivity index (χ3n) is 3.94. The number of carbonyl (C=O) groups is 1. The van der Waals surface area contributed by atoms with E-state index in [2.05, 4.69) is 25.2 Å². The smallest absolute Gasteiger partial charge is 0.409 e. The predicted octanol–water partition coefficient (Wildman–Crippen LogP) is 1.76. The molecular formula is C17H22N6O2. The van der Waals surface area contributed by atoms with E-state index < -0.39 is 0 Å². The van der Waals surface area contributed by atoms with Crippen molar-refractivity contribution in [1.82, 2.24) is 19.9 Å². The number of amides is 1. The predicted molar refractivity (Wildman–Crippen MR) is 94.4 cm³/mol. The van der Waals surface area contributed by atoms with E-state index in [1.165, 1.54) is 0 Å². The molecule has 1 N–H and O–H groups in total. The highest BCUT2D eigenvalue weighted by molar-refractivity contribution is 5.68. The van der Waals surface area contributed by atoms with Gasteiger partial charge in [-0.15, -0.1) is 0 Å². The molecular weight excluding hydrogens is 320 g/mol. The SMILES string of the molecule is CCOC(=O)N1CCN(c2ccnc(NCc3cccnc3)n2)CC1. The molecule has 3 rings (SSSR count). The van der Waals surface area contributed by atoms with Gasteiger partial charge in [-0.25, -0.2) is 9.78 Å². The van der Waals surface area contributed by atoms with Gasteiger partial charge in [-0.2, -0.15) is 4.98 Å². The first-order valence-corrected chi connectivity index (χ1v) is 8.38. The number of piperazine rings is 1. The Balaban J connectivity index is 1.56. The standard InChI is InChI=1S/C17H22N6O2/c1-2-25-17(24)23-10-8-22(9-11-23)15-5-7-19-16(21-15)20-13-14-4-3-6-18-12-14/h3-7,12H,2,8-11,13H2,1H3,(H,19,20,21). The molecule has 1 amide bonds. The van der Waals surface area contributed by atoms with Crippen LogP contribution in [0.3, 0.4) is 0 Å². The van der Waals surface area contributed by atoms with Gasteiger partial charge >= 0.3 is 6.09 Å². The van der Waals surface area contributed by atoms with Crippen LogP contribution in [0, 0.1) is 0 Å². The number of rotatable bonds is 5. The molecule has 0 aliphatic carbocycles. The highest BCUT2D eigenvalue weighted by Crippen LogP contribution is 2.15. The fraction of sp³-hybridized carbons (Fsp3) is 0.412. The van der Waals surface area contributed by atoms with E-state index in [9.17, 15) is 4.79 Å². The lowest BCUT2D eigenvalue weighted by atomic mass is 10.3. The van der Waals surface area contributed by atoms with E-state index in [4.69, 9.17) is 4.74 Å². The minimum absolute atomic E-state index is 0.247. The molecule has 2 aromatic heterocycles. The fourth-order valence-corrected chi connectivity index (χ4v) is 2.63. The van der Waals surface area contributed by atoms with Crippen molar-refractivity contribution in [3.05, 3.63) is 42.4 Å². The summed E-state index contributed by atoms with van der Waals surface area (Å²) in [4.78, 5) is 28.6. The van der Waals surface area contributed by atoms with E-state index >= 15 is 0 Å². The van der Waals surface area contributed by atoms with Crippen molar-refractivity contribution in [3.8, 4) is 0 Å². The zero-order valence-corrected chi connectivity index (χ0v) is 14.3. The first-order chi connectivity index (χ1) is 12.3. The summed E-state index contributed by atoms with van der Waals surface area (Å²) < 4.78 is 5.04. The van der Waals surface area contributed by atoms with Gasteiger partial charge in [-0.05, 0) is 24.6 Å². The summed E-state index contributed by atoms with van der Waals surface area (Å²) in [5.41, 5.74) is 1.07. The fourth-order valence-electron chi connectivity index (χ4n) is 2.63. The van der Waals surface area contributed by atoms with Gasteiger partial charge in [0.15, 0.2) is 0 Å². The molecule has 0 unspecified atom stereocenters. The molecule has 0 bridgehead atoms. The normalized spacial score (nSPS) is 14.3. The summed E-state index contributed by atoms with van der Waals surface area (Å²) in [6, 6.07) is 5.78. The van der Waals surface area contributed by atoms with Crippen LogP contribution in [0.1, 0.15) is 12.5 Å². The lowest BCUT2D eigenvalue weighted by molar-refractivity contribution is 0.105. The summed E-state index contributed by atoms with van der Waals surface area (Å²) in [5, 5.41) is 3.21. The second-order valence-corrected chi connectivity index (χ2v) is 5.63. The van der Waals surface area contributed by atoms with Gasteiger partial charge in [0.05, 0.1) is 6.61 Å². The van der Waals surface area contributed by atoms with Crippen LogP contribution in [0.2, 0.25) is 0 Å². The molecule has 0 radical (unpaired) electrons. The highest BCUT2D eigenvalue weighted by Gasteiger charge is 2.22. The molecule has 1 saturated heterocycles. The molecule has 0 atom stereocenters. The molecule has 0 spiro atoms. The van der Waals surface area contributed by atoms with Crippen LogP contribution in [0.4, 0.5) is 16.6 Å². The van der Waals surface area contributed by atoms with Crippen molar-refractivity contribution in [2.75, 3.05) is 43.0 Å². The zero-order valence-electron chi connectivity index (χ0n) is 14.3. The van der Waals surface area contributed by atoms with Crippen molar-refractivity contribution < 1.29 is 9.53 Å². The van der Waals surface area contributed by atoms with Gasteiger partial charge in [0.1, 0.15) is 5.82 Å². The van der Waals surface area contributed by atoms with E-state index in [0.717, 1.165) is 24.5 Å². The van der Waals surface area contributed by atoms with Crippen LogP contribution < -0.4 is 10.2 Å². The van der Waals surface area contributed by atoms with Crippen molar-refractivity contribution in [1.29, 1.82) is 0 Å². The van der Waals surface area contributed by atoms with Gasteiger partial charge in [0.2, 0.25) is 5.95 Å². The summed E-state index contributed by atoms with van der Waals surface area (Å²) >= 11 is 0. The summed E-state index contributed by atoms with van der Waals surface area (Å²) in [7, 11) is 0. The van der Waals surface area contributed by atoms with Gasteiger partial charge < -0.3 is 19.9 Å². The molecule has 3 heterocycles. The second kappa shape index (κ2) is 8.27. The number of ether oxygens (including phenoxy) is 1. The Morgan fingerprint density at radius 2 is 2.08 bits per heavy atom. The quantitative estimate of drug-likeness (QED) is 0.886. The number of hydrogen-bond acceptors (Lipinski definition) is 7. The molecule has 1 fully saturated rings. The van der Waals surface area contributed by atoms with E-state index in [-0.39, 0.29) is 6.09 Å². The number of nitrogens with zero attached hydrogens (tertiary/aromatic N) is 5. The summed E-state index contributed by atoms with van der Waals surface area (Å²) in [6.07, 6.45) is 5.05. The van der Waals surface area contributed by atoms with Crippen LogP contribution >= 0.6 is 0 Å². The zero-order chi connectivity index (χ0) is 17.5. The Bertz CT molecular complexity index is 689. The molecule has 2 aromatic rings. The third kappa shape index (κ3) is 4.56.